The van der Waals surface area contributed by atoms with E-state index in [1.54, 1.807) is 18.2 Å². The molecular formula is C14H22N2O3. The number of nitrogens with zero attached hydrogens (tertiary/aromatic N) is 1. The van der Waals surface area contributed by atoms with Crippen molar-refractivity contribution in [1.29, 1.82) is 0 Å². The number of nitrogens with one attached hydrogen (secondary N) is 1. The molecule has 0 radical (unpaired) electrons. The van der Waals surface area contributed by atoms with E-state index in [0.29, 0.717) is 24.0 Å². The third-order valence-corrected chi connectivity index (χ3v) is 3.07. The standard InChI is InChI=1S/C14H22N2O3/c1-5-11(10(3)4)15-12-8-7-9-13(19-6-2)14(12)16(17)18/h7-11,15H,5-6H2,1-4H3. The van der Waals surface area contributed by atoms with Crippen molar-refractivity contribution in [2.75, 3.05) is 11.9 Å². The summed E-state index contributed by atoms with van der Waals surface area (Å²) in [5.74, 6) is 0.719. The van der Waals surface area contributed by atoms with Gasteiger partial charge in [-0.15, -0.1) is 0 Å². The van der Waals surface area contributed by atoms with Gasteiger partial charge in [0.05, 0.1) is 11.5 Å². The van der Waals surface area contributed by atoms with Gasteiger partial charge in [-0.2, -0.15) is 0 Å². The van der Waals surface area contributed by atoms with Gasteiger partial charge in [0, 0.05) is 6.04 Å². The molecule has 1 aromatic rings. The Labute approximate surface area is 114 Å². The summed E-state index contributed by atoms with van der Waals surface area (Å²) < 4.78 is 5.33. The van der Waals surface area contributed by atoms with Crippen LogP contribution in [0.3, 0.4) is 0 Å². The minimum absolute atomic E-state index is 0.0171. The fourth-order valence-electron chi connectivity index (χ4n) is 2.04. The number of nitro groups is 1. The molecule has 106 valence electrons. The third kappa shape index (κ3) is 3.84. The molecule has 0 spiro atoms. The molecule has 1 rings (SSSR count). The predicted octanol–water partition coefficient (Wildman–Crippen LogP) is 3.84. The maximum absolute atomic E-state index is 11.2. The number of benzene rings is 1. The molecule has 1 atom stereocenters. The average molecular weight is 266 g/mol. The van der Waals surface area contributed by atoms with Crippen LogP contribution in [0.5, 0.6) is 5.75 Å². The Morgan fingerprint density at radius 1 is 1.37 bits per heavy atom. The Morgan fingerprint density at radius 3 is 2.53 bits per heavy atom. The Kier molecular flexibility index (Phi) is 5.60. The molecule has 0 aliphatic rings. The number of hydrogen-bond acceptors (Lipinski definition) is 4. The van der Waals surface area contributed by atoms with Gasteiger partial charge in [0.15, 0.2) is 5.75 Å². The van der Waals surface area contributed by atoms with Crippen LogP contribution in [0.1, 0.15) is 34.1 Å². The van der Waals surface area contributed by atoms with Crippen LogP contribution in [0, 0.1) is 16.0 Å². The number of para-hydroxylation sites is 1. The molecule has 0 saturated heterocycles. The summed E-state index contributed by atoms with van der Waals surface area (Å²) in [6.45, 7) is 8.48. The zero-order chi connectivity index (χ0) is 14.4. The highest BCUT2D eigenvalue weighted by atomic mass is 16.6. The van der Waals surface area contributed by atoms with Gasteiger partial charge in [0.2, 0.25) is 0 Å². The molecule has 0 fully saturated rings. The maximum Gasteiger partial charge on any atom is 0.333 e. The Hall–Kier alpha value is -1.78. The first-order valence-electron chi connectivity index (χ1n) is 6.67. The van der Waals surface area contributed by atoms with Crippen LogP contribution in [0.4, 0.5) is 11.4 Å². The lowest BCUT2D eigenvalue weighted by Crippen LogP contribution is -2.25. The third-order valence-electron chi connectivity index (χ3n) is 3.07. The molecule has 0 aromatic heterocycles. The Balaban J connectivity index is 3.12. The van der Waals surface area contributed by atoms with E-state index in [2.05, 4.69) is 26.1 Å². The molecule has 5 heteroatoms. The van der Waals surface area contributed by atoms with Gasteiger partial charge < -0.3 is 10.1 Å². The van der Waals surface area contributed by atoms with Crippen LogP contribution in [0.15, 0.2) is 18.2 Å². The first-order chi connectivity index (χ1) is 9.01. The van der Waals surface area contributed by atoms with Crippen LogP contribution >= 0.6 is 0 Å². The first-order valence-corrected chi connectivity index (χ1v) is 6.67. The molecule has 1 aromatic carbocycles. The lowest BCUT2D eigenvalue weighted by molar-refractivity contribution is -0.385. The minimum Gasteiger partial charge on any atom is -0.487 e. The largest absolute Gasteiger partial charge is 0.487 e. The second-order valence-corrected chi connectivity index (χ2v) is 4.75. The summed E-state index contributed by atoms with van der Waals surface area (Å²) in [7, 11) is 0. The SMILES string of the molecule is CCOc1cccc(NC(CC)C(C)C)c1[N+](=O)[O-]. The monoisotopic (exact) mass is 266 g/mol. The summed E-state index contributed by atoms with van der Waals surface area (Å²) in [4.78, 5) is 10.9. The molecule has 0 aliphatic heterocycles. The summed E-state index contributed by atoms with van der Waals surface area (Å²) in [5, 5.41) is 14.5. The maximum atomic E-state index is 11.2. The van der Waals surface area contributed by atoms with Gasteiger partial charge in [-0.05, 0) is 31.4 Å². The van der Waals surface area contributed by atoms with Gasteiger partial charge in [0.1, 0.15) is 5.69 Å². The van der Waals surface area contributed by atoms with Gasteiger partial charge in [-0.1, -0.05) is 26.8 Å². The second kappa shape index (κ2) is 6.97. The van der Waals surface area contributed by atoms with E-state index in [0.717, 1.165) is 6.42 Å². The molecule has 0 bridgehead atoms. The number of nitro benzene ring substituents is 1. The van der Waals surface area contributed by atoms with E-state index in [1.807, 2.05) is 6.92 Å². The summed E-state index contributed by atoms with van der Waals surface area (Å²) in [5.41, 5.74) is 0.542. The van der Waals surface area contributed by atoms with E-state index < -0.39 is 0 Å². The lowest BCUT2D eigenvalue weighted by Gasteiger charge is -2.22. The summed E-state index contributed by atoms with van der Waals surface area (Å²) in [6, 6.07) is 5.33. The van der Waals surface area contributed by atoms with Crippen molar-refractivity contribution >= 4 is 11.4 Å². The highest BCUT2D eigenvalue weighted by Gasteiger charge is 2.23. The molecule has 19 heavy (non-hydrogen) atoms. The molecule has 1 unspecified atom stereocenters. The van der Waals surface area contributed by atoms with E-state index in [-0.39, 0.29) is 16.7 Å². The lowest BCUT2D eigenvalue weighted by atomic mass is 10.0. The highest BCUT2D eigenvalue weighted by Crippen LogP contribution is 2.35. The van der Waals surface area contributed by atoms with Crippen molar-refractivity contribution in [3.05, 3.63) is 28.3 Å². The van der Waals surface area contributed by atoms with Crippen molar-refractivity contribution in [2.45, 2.75) is 40.2 Å². The zero-order valence-corrected chi connectivity index (χ0v) is 12.0. The summed E-state index contributed by atoms with van der Waals surface area (Å²) >= 11 is 0. The number of anilines is 1. The fourth-order valence-corrected chi connectivity index (χ4v) is 2.04. The van der Waals surface area contributed by atoms with Crippen LogP contribution in [0.2, 0.25) is 0 Å². The second-order valence-electron chi connectivity index (χ2n) is 4.75. The molecule has 0 saturated carbocycles. The van der Waals surface area contributed by atoms with Crippen LogP contribution in [0.25, 0.3) is 0 Å². The fraction of sp³-hybridized carbons (Fsp3) is 0.571. The predicted molar refractivity (Wildman–Crippen MR) is 76.8 cm³/mol. The number of rotatable bonds is 7. The topological polar surface area (TPSA) is 64.4 Å². The van der Waals surface area contributed by atoms with E-state index >= 15 is 0 Å². The van der Waals surface area contributed by atoms with Crippen LogP contribution in [-0.2, 0) is 0 Å². The quantitative estimate of drug-likeness (QED) is 0.601. The average Bonchev–Trinajstić information content (AvgIpc) is 2.35. The molecular weight excluding hydrogens is 244 g/mol. The molecule has 0 aliphatic carbocycles. The summed E-state index contributed by atoms with van der Waals surface area (Å²) in [6.07, 6.45) is 0.910. The van der Waals surface area contributed by atoms with Crippen molar-refractivity contribution < 1.29 is 9.66 Å². The molecule has 0 heterocycles. The number of ether oxygens (including phenoxy) is 1. The zero-order valence-electron chi connectivity index (χ0n) is 12.0. The van der Waals surface area contributed by atoms with Gasteiger partial charge in [0.25, 0.3) is 0 Å². The molecule has 0 amide bonds. The van der Waals surface area contributed by atoms with Crippen molar-refractivity contribution in [3.8, 4) is 5.75 Å². The van der Waals surface area contributed by atoms with Crippen molar-refractivity contribution in [1.82, 2.24) is 0 Å². The van der Waals surface area contributed by atoms with Gasteiger partial charge in [-0.3, -0.25) is 10.1 Å². The normalized spacial score (nSPS) is 12.3. The van der Waals surface area contributed by atoms with Crippen molar-refractivity contribution in [2.24, 2.45) is 5.92 Å². The highest BCUT2D eigenvalue weighted by molar-refractivity contribution is 5.68. The smallest absolute Gasteiger partial charge is 0.333 e. The first kappa shape index (κ1) is 15.3. The van der Waals surface area contributed by atoms with Crippen molar-refractivity contribution in [3.63, 3.8) is 0 Å². The number of hydrogen-bond donors (Lipinski definition) is 1. The van der Waals surface area contributed by atoms with Gasteiger partial charge in [-0.25, -0.2) is 0 Å². The van der Waals surface area contributed by atoms with Crippen LogP contribution < -0.4 is 10.1 Å². The Bertz CT molecular complexity index is 433. The Morgan fingerprint density at radius 2 is 2.05 bits per heavy atom. The molecule has 1 N–H and O–H groups in total. The van der Waals surface area contributed by atoms with E-state index in [1.165, 1.54) is 0 Å². The van der Waals surface area contributed by atoms with E-state index in [4.69, 9.17) is 4.74 Å². The van der Waals surface area contributed by atoms with Gasteiger partial charge >= 0.3 is 5.69 Å². The minimum atomic E-state index is -0.389. The van der Waals surface area contributed by atoms with Crippen LogP contribution in [-0.4, -0.2) is 17.6 Å². The molecule has 5 nitrogen and oxygen atoms in total. The van der Waals surface area contributed by atoms with E-state index in [9.17, 15) is 10.1 Å².